The first kappa shape index (κ1) is 40.6. The van der Waals surface area contributed by atoms with Crippen molar-refractivity contribution >= 4 is 80.0 Å². The molecule has 0 saturated heterocycles. The molecule has 9 aromatic rings. The molecule has 0 unspecified atom stereocenters. The summed E-state index contributed by atoms with van der Waals surface area (Å²) in [6.45, 7) is 0. The molecule has 0 atom stereocenters. The Morgan fingerprint density at radius 2 is 0.641 bits per heavy atom. The average molecular weight is 827 g/mol. The number of nitrogens with zero attached hydrogens (tertiary/aromatic N) is 4. The lowest BCUT2D eigenvalue weighted by Gasteiger charge is -2.25. The first-order valence-electron chi connectivity index (χ1n) is 20.9. The second-order valence-electron chi connectivity index (χ2n) is 15.2. The number of para-hydroxylation sites is 2. The van der Waals surface area contributed by atoms with Crippen LogP contribution in [0, 0.1) is 22.7 Å². The van der Waals surface area contributed by atoms with Gasteiger partial charge in [0, 0.05) is 55.7 Å². The van der Waals surface area contributed by atoms with Crippen LogP contribution in [0.25, 0.3) is 45.8 Å². The molecule has 9 rings (SSSR count). The Morgan fingerprint density at radius 1 is 0.344 bits per heavy atom. The topological polar surface area (TPSA) is 72.5 Å². The number of anilines is 6. The molecular weight excluding hydrogens is 785 g/mol. The van der Waals surface area contributed by atoms with Crippen LogP contribution in [-0.4, -0.2) is 14.2 Å². The summed E-state index contributed by atoms with van der Waals surface area (Å²) in [4.78, 5) is 4.42. The molecule has 0 amide bonds. The molecule has 0 aliphatic carbocycles. The van der Waals surface area contributed by atoms with Gasteiger partial charge in [-0.3, -0.25) is 0 Å². The van der Waals surface area contributed by atoms with Crippen LogP contribution in [0.4, 0.5) is 34.1 Å². The zero-order valence-corrected chi connectivity index (χ0v) is 35.4. The second kappa shape index (κ2) is 18.4. The summed E-state index contributed by atoms with van der Waals surface area (Å²) in [5.41, 5.74) is 11.2. The van der Waals surface area contributed by atoms with Gasteiger partial charge < -0.3 is 19.3 Å². The molecule has 0 aliphatic rings. The molecule has 0 N–H and O–H groups in total. The minimum absolute atomic E-state index is 0.550. The monoisotopic (exact) mass is 826 g/mol. The number of hydrogen-bond acceptors (Lipinski definition) is 6. The van der Waals surface area contributed by atoms with E-state index in [2.05, 4.69) is 131 Å². The van der Waals surface area contributed by atoms with Crippen molar-refractivity contribution in [1.82, 2.24) is 0 Å². The molecule has 0 heterocycles. The fourth-order valence-corrected chi connectivity index (χ4v) is 8.08. The number of benzene rings is 9. The van der Waals surface area contributed by atoms with E-state index in [-0.39, 0.29) is 0 Å². The predicted molar refractivity (Wildman–Crippen MR) is 264 cm³/mol. The third kappa shape index (κ3) is 8.41. The largest absolute Gasteiger partial charge is 0.497 e. The Morgan fingerprint density at radius 3 is 0.969 bits per heavy atom. The summed E-state index contributed by atoms with van der Waals surface area (Å²) in [7, 11) is 3.34. The maximum Gasteiger partial charge on any atom is 0.119 e. The van der Waals surface area contributed by atoms with Gasteiger partial charge in [-0.1, -0.05) is 109 Å². The van der Waals surface area contributed by atoms with E-state index in [1.165, 1.54) is 0 Å². The van der Waals surface area contributed by atoms with Crippen LogP contribution < -0.4 is 19.3 Å². The molecule has 306 valence electrons. The number of fused-ring (bicyclic) bond motifs is 2. The minimum Gasteiger partial charge on any atom is -0.497 e. The van der Waals surface area contributed by atoms with Gasteiger partial charge in [0.1, 0.15) is 23.6 Å². The minimum atomic E-state index is 0.550. The fraction of sp³-hybridized carbons (Fsp3) is 0.0345. The molecule has 0 spiro atoms. The number of nitriles is 2. The maximum atomic E-state index is 10.5. The van der Waals surface area contributed by atoms with E-state index < -0.39 is 0 Å². The van der Waals surface area contributed by atoms with Crippen molar-refractivity contribution < 1.29 is 9.47 Å². The van der Waals surface area contributed by atoms with Gasteiger partial charge in [0.25, 0.3) is 0 Å². The first-order valence-corrected chi connectivity index (χ1v) is 20.9. The van der Waals surface area contributed by atoms with E-state index in [0.29, 0.717) is 11.1 Å². The lowest BCUT2D eigenvalue weighted by molar-refractivity contribution is 0.414. The SMILES string of the molecule is COc1ccc(N(c2ccccc2)c2ccc(/C=C/c3ccc4c(C#N)c5cc(/C=C/c6ccc(N(c7ccccc7)c7ccc(OC)cc7)cc6)ccc5c(C#N)c4c3)cc2)cc1. The van der Waals surface area contributed by atoms with Crippen LogP contribution in [0.5, 0.6) is 11.5 Å². The van der Waals surface area contributed by atoms with E-state index in [1.54, 1.807) is 14.2 Å². The van der Waals surface area contributed by atoms with Gasteiger partial charge in [-0.05, 0) is 131 Å². The van der Waals surface area contributed by atoms with Crippen LogP contribution in [-0.2, 0) is 0 Å². The Balaban J connectivity index is 0.966. The molecule has 0 aromatic heterocycles. The standard InChI is InChI=1S/C58H42N4O2/c1-63-51-31-27-49(28-32-51)61(45-9-5-3-6-10-45)47-23-17-41(18-24-47)13-15-43-21-35-53-55(37-43)57(39-59)54-36-22-44(38-56(54)58(53)40-60)16-14-42-19-25-48(26-20-42)62(46-11-7-4-8-12-46)50-29-33-52(64-2)34-30-50/h3-38H,1-2H3/b15-13+,16-14+. The Kier molecular flexibility index (Phi) is 11.7. The molecule has 9 aromatic carbocycles. The maximum absolute atomic E-state index is 10.5. The van der Waals surface area contributed by atoms with Crippen molar-refractivity contribution in [2.75, 3.05) is 24.0 Å². The highest BCUT2D eigenvalue weighted by Crippen LogP contribution is 2.38. The summed E-state index contributed by atoms with van der Waals surface area (Å²) in [5.74, 6) is 1.61. The third-order valence-electron chi connectivity index (χ3n) is 11.3. The third-order valence-corrected chi connectivity index (χ3v) is 11.3. The molecule has 0 aliphatic heterocycles. The summed E-state index contributed by atoms with van der Waals surface area (Å²) in [6.07, 6.45) is 8.22. The Bertz CT molecular complexity index is 3000. The van der Waals surface area contributed by atoms with Crippen molar-refractivity contribution in [2.24, 2.45) is 0 Å². The summed E-state index contributed by atoms with van der Waals surface area (Å²) in [6, 6.07) is 70.3. The smallest absolute Gasteiger partial charge is 0.119 e. The van der Waals surface area contributed by atoms with E-state index in [9.17, 15) is 10.5 Å². The van der Waals surface area contributed by atoms with Gasteiger partial charge in [0.15, 0.2) is 0 Å². The second-order valence-corrected chi connectivity index (χ2v) is 15.2. The van der Waals surface area contributed by atoms with Gasteiger partial charge >= 0.3 is 0 Å². The highest BCUT2D eigenvalue weighted by Gasteiger charge is 2.16. The van der Waals surface area contributed by atoms with Crippen LogP contribution >= 0.6 is 0 Å². The molecule has 64 heavy (non-hydrogen) atoms. The molecule has 6 heteroatoms. The van der Waals surface area contributed by atoms with Crippen LogP contribution in [0.2, 0.25) is 0 Å². The summed E-state index contributed by atoms with van der Waals surface area (Å²) >= 11 is 0. The van der Waals surface area contributed by atoms with Gasteiger partial charge in [0.05, 0.1) is 25.3 Å². The Hall–Kier alpha value is -8.84. The highest BCUT2D eigenvalue weighted by atomic mass is 16.5. The van der Waals surface area contributed by atoms with Crippen molar-refractivity contribution in [1.29, 1.82) is 10.5 Å². The fourth-order valence-electron chi connectivity index (χ4n) is 8.08. The zero-order valence-electron chi connectivity index (χ0n) is 35.4. The number of hydrogen-bond donors (Lipinski definition) is 0. The molecule has 0 radical (unpaired) electrons. The van der Waals surface area contributed by atoms with Crippen molar-refractivity contribution in [3.8, 4) is 23.6 Å². The lowest BCUT2D eigenvalue weighted by Crippen LogP contribution is -2.09. The highest BCUT2D eigenvalue weighted by molar-refractivity contribution is 6.10. The molecule has 6 nitrogen and oxygen atoms in total. The lowest BCUT2D eigenvalue weighted by atomic mass is 9.90. The van der Waals surface area contributed by atoms with Gasteiger partial charge in [0.2, 0.25) is 0 Å². The predicted octanol–water partition coefficient (Wildman–Crippen LogP) is 15.0. The molecule has 0 bridgehead atoms. The summed E-state index contributed by atoms with van der Waals surface area (Å²) < 4.78 is 10.8. The molecule has 0 fully saturated rings. The number of rotatable bonds is 12. The molecular formula is C58H42N4O2. The van der Waals surface area contributed by atoms with Crippen molar-refractivity contribution in [2.45, 2.75) is 0 Å². The van der Waals surface area contributed by atoms with Crippen molar-refractivity contribution in [3.63, 3.8) is 0 Å². The van der Waals surface area contributed by atoms with Gasteiger partial charge in [-0.2, -0.15) is 10.5 Å². The first-order chi connectivity index (χ1) is 31.5. The summed E-state index contributed by atoms with van der Waals surface area (Å²) in [5, 5.41) is 24.1. The van der Waals surface area contributed by atoms with Crippen LogP contribution in [0.15, 0.2) is 194 Å². The van der Waals surface area contributed by atoms with Gasteiger partial charge in [-0.15, -0.1) is 0 Å². The van der Waals surface area contributed by atoms with Crippen LogP contribution in [0.3, 0.4) is 0 Å². The van der Waals surface area contributed by atoms with Crippen LogP contribution in [0.1, 0.15) is 33.4 Å². The Labute approximate surface area is 373 Å². The van der Waals surface area contributed by atoms with Crippen molar-refractivity contribution in [3.05, 3.63) is 228 Å². The normalized spacial score (nSPS) is 11.1. The number of ether oxygens (including phenoxy) is 2. The van der Waals surface area contributed by atoms with E-state index in [4.69, 9.17) is 9.47 Å². The number of methoxy groups -OCH3 is 2. The average Bonchev–Trinajstić information content (AvgIpc) is 3.36. The van der Waals surface area contributed by atoms with E-state index in [1.807, 2.05) is 109 Å². The van der Waals surface area contributed by atoms with Gasteiger partial charge in [-0.25, -0.2) is 0 Å². The van der Waals surface area contributed by atoms with E-state index >= 15 is 0 Å². The molecule has 0 saturated carbocycles. The van der Waals surface area contributed by atoms with E-state index in [0.717, 1.165) is 89.4 Å². The quantitative estimate of drug-likeness (QED) is 0.0902. The zero-order chi connectivity index (χ0) is 43.8.